The Morgan fingerprint density at radius 3 is 2.69 bits per heavy atom. The lowest BCUT2D eigenvalue weighted by molar-refractivity contribution is 0.0889. The van der Waals surface area contributed by atoms with Gasteiger partial charge in [-0.25, -0.2) is 4.79 Å². The van der Waals surface area contributed by atoms with Crippen LogP contribution < -0.4 is 15.1 Å². The van der Waals surface area contributed by atoms with Crippen molar-refractivity contribution in [2.45, 2.75) is 26.4 Å². The van der Waals surface area contributed by atoms with Gasteiger partial charge in [0.05, 0.1) is 12.7 Å². The van der Waals surface area contributed by atoms with Crippen LogP contribution in [0.1, 0.15) is 23.6 Å². The van der Waals surface area contributed by atoms with Gasteiger partial charge in [-0.3, -0.25) is 4.90 Å². The van der Waals surface area contributed by atoms with Crippen molar-refractivity contribution in [3.63, 3.8) is 0 Å². The summed E-state index contributed by atoms with van der Waals surface area (Å²) < 4.78 is 16.7. The number of rotatable bonds is 4. The molecule has 0 spiro atoms. The van der Waals surface area contributed by atoms with E-state index in [4.69, 9.17) is 13.9 Å². The highest BCUT2D eigenvalue weighted by Crippen LogP contribution is 2.33. The lowest BCUT2D eigenvalue weighted by Crippen LogP contribution is -2.31. The third-order valence-electron chi connectivity index (χ3n) is 4.79. The highest BCUT2D eigenvalue weighted by Gasteiger charge is 2.22. The van der Waals surface area contributed by atoms with Crippen LogP contribution in [0, 0.1) is 0 Å². The molecule has 2 aromatic carbocycles. The molecule has 1 aliphatic heterocycles. The first-order chi connectivity index (χ1) is 12.7. The van der Waals surface area contributed by atoms with Crippen molar-refractivity contribution in [2.24, 2.45) is 0 Å². The van der Waals surface area contributed by atoms with Crippen molar-refractivity contribution in [1.29, 1.82) is 0 Å². The second-order valence-corrected chi connectivity index (χ2v) is 6.47. The first-order valence-electron chi connectivity index (χ1n) is 8.74. The van der Waals surface area contributed by atoms with Gasteiger partial charge in [-0.2, -0.15) is 0 Å². The van der Waals surface area contributed by atoms with Crippen molar-refractivity contribution >= 4 is 11.0 Å². The number of hydrogen-bond donors (Lipinski definition) is 0. The van der Waals surface area contributed by atoms with E-state index in [1.165, 1.54) is 5.56 Å². The number of aryl methyl sites for hydroxylation is 1. The summed E-state index contributed by atoms with van der Waals surface area (Å²) in [5.41, 5.74) is 3.45. The molecule has 134 valence electrons. The average molecular weight is 351 g/mol. The third kappa shape index (κ3) is 3.06. The highest BCUT2D eigenvalue weighted by molar-refractivity contribution is 5.85. The summed E-state index contributed by atoms with van der Waals surface area (Å²) in [5, 5.41) is 0.987. The Morgan fingerprint density at radius 2 is 1.96 bits per heavy atom. The molecule has 0 fully saturated rings. The Hall–Kier alpha value is -2.79. The second-order valence-electron chi connectivity index (χ2n) is 6.47. The predicted octanol–water partition coefficient (Wildman–Crippen LogP) is 3.72. The first kappa shape index (κ1) is 16.7. The molecule has 0 saturated heterocycles. The van der Waals surface area contributed by atoms with E-state index in [0.717, 1.165) is 41.0 Å². The van der Waals surface area contributed by atoms with Gasteiger partial charge in [0.15, 0.2) is 0 Å². The van der Waals surface area contributed by atoms with Crippen molar-refractivity contribution in [1.82, 2.24) is 4.90 Å². The van der Waals surface area contributed by atoms with Gasteiger partial charge in [0.25, 0.3) is 0 Å². The van der Waals surface area contributed by atoms with Gasteiger partial charge in [0, 0.05) is 24.5 Å². The topological polar surface area (TPSA) is 51.9 Å². The van der Waals surface area contributed by atoms with E-state index in [1.54, 1.807) is 13.2 Å². The Morgan fingerprint density at radius 1 is 1.15 bits per heavy atom. The number of benzene rings is 2. The van der Waals surface area contributed by atoms with E-state index in [9.17, 15) is 4.79 Å². The number of methoxy groups -OCH3 is 1. The normalized spacial score (nSPS) is 14.1. The minimum absolute atomic E-state index is 0.310. The molecule has 1 aromatic heterocycles. The SMILES string of the molecule is CCc1cc(=O)oc2c3c(ccc12)OCN(Cc1ccc(OC)cc1)C3. The summed E-state index contributed by atoms with van der Waals surface area (Å²) >= 11 is 0. The Balaban J connectivity index is 1.66. The van der Waals surface area contributed by atoms with Crippen LogP contribution in [0.4, 0.5) is 0 Å². The first-order valence-corrected chi connectivity index (χ1v) is 8.74. The third-order valence-corrected chi connectivity index (χ3v) is 4.79. The molecule has 5 heteroatoms. The smallest absolute Gasteiger partial charge is 0.336 e. The predicted molar refractivity (Wildman–Crippen MR) is 99.6 cm³/mol. The quantitative estimate of drug-likeness (QED) is 0.671. The van der Waals surface area contributed by atoms with Crippen molar-refractivity contribution in [2.75, 3.05) is 13.8 Å². The molecule has 26 heavy (non-hydrogen) atoms. The average Bonchev–Trinajstić information content (AvgIpc) is 2.68. The summed E-state index contributed by atoms with van der Waals surface area (Å²) in [6.07, 6.45) is 0.789. The molecule has 0 amide bonds. The molecule has 0 unspecified atom stereocenters. The molecule has 0 bridgehead atoms. The lowest BCUT2D eigenvalue weighted by Gasteiger charge is -2.29. The minimum atomic E-state index is -0.310. The largest absolute Gasteiger partial charge is 0.497 e. The van der Waals surface area contributed by atoms with Gasteiger partial charge in [-0.1, -0.05) is 19.1 Å². The van der Waals surface area contributed by atoms with Crippen molar-refractivity contribution < 1.29 is 13.9 Å². The number of hydrogen-bond acceptors (Lipinski definition) is 5. The molecule has 5 nitrogen and oxygen atoms in total. The van der Waals surface area contributed by atoms with Crippen LogP contribution in [0.5, 0.6) is 11.5 Å². The van der Waals surface area contributed by atoms with Gasteiger partial charge in [0.1, 0.15) is 23.8 Å². The molecule has 4 rings (SSSR count). The summed E-state index contributed by atoms with van der Waals surface area (Å²) in [7, 11) is 1.66. The zero-order chi connectivity index (χ0) is 18.1. The summed E-state index contributed by atoms with van der Waals surface area (Å²) in [6, 6.07) is 13.5. The lowest BCUT2D eigenvalue weighted by atomic mass is 10.0. The summed E-state index contributed by atoms with van der Waals surface area (Å²) in [4.78, 5) is 14.1. The molecule has 3 aromatic rings. The summed E-state index contributed by atoms with van der Waals surface area (Å²) in [5.74, 6) is 1.63. The number of ether oxygens (including phenoxy) is 2. The van der Waals surface area contributed by atoms with E-state index >= 15 is 0 Å². The van der Waals surface area contributed by atoms with Crippen LogP contribution in [0.15, 0.2) is 51.7 Å². The van der Waals surface area contributed by atoms with Crippen LogP contribution in [0.2, 0.25) is 0 Å². The fourth-order valence-corrected chi connectivity index (χ4v) is 3.43. The van der Waals surface area contributed by atoms with Crippen LogP contribution in [0.3, 0.4) is 0 Å². The maximum atomic E-state index is 11.9. The molecule has 0 saturated carbocycles. The van der Waals surface area contributed by atoms with Gasteiger partial charge in [0.2, 0.25) is 0 Å². The minimum Gasteiger partial charge on any atom is -0.497 e. The number of fused-ring (bicyclic) bond motifs is 3. The van der Waals surface area contributed by atoms with Crippen molar-refractivity contribution in [3.8, 4) is 11.5 Å². The maximum absolute atomic E-state index is 11.9. The molecule has 2 heterocycles. The monoisotopic (exact) mass is 351 g/mol. The van der Waals surface area contributed by atoms with Gasteiger partial charge >= 0.3 is 5.63 Å². The van der Waals surface area contributed by atoms with Crippen LogP contribution in [0.25, 0.3) is 11.0 Å². The summed E-state index contributed by atoms with van der Waals surface area (Å²) in [6.45, 7) is 3.97. The van der Waals surface area contributed by atoms with Crippen LogP contribution >= 0.6 is 0 Å². The van der Waals surface area contributed by atoms with E-state index < -0.39 is 0 Å². The molecule has 0 atom stereocenters. The molecular weight excluding hydrogens is 330 g/mol. The Bertz CT molecular complexity index is 991. The molecule has 0 radical (unpaired) electrons. The fourth-order valence-electron chi connectivity index (χ4n) is 3.43. The standard InChI is InChI=1S/C21H21NO4/c1-3-15-10-20(23)26-21-17(15)8-9-19-18(21)12-22(13-25-19)11-14-4-6-16(24-2)7-5-14/h4-10H,3,11-13H2,1-2H3. The Labute approximate surface area is 151 Å². The van der Waals surface area contributed by atoms with E-state index in [0.29, 0.717) is 18.9 Å². The molecule has 0 aliphatic carbocycles. The van der Waals surface area contributed by atoms with Gasteiger partial charge in [-0.15, -0.1) is 0 Å². The molecule has 1 aliphatic rings. The van der Waals surface area contributed by atoms with Gasteiger partial charge < -0.3 is 13.9 Å². The zero-order valence-electron chi connectivity index (χ0n) is 15.0. The van der Waals surface area contributed by atoms with Crippen LogP contribution in [-0.2, 0) is 19.5 Å². The number of nitrogens with zero attached hydrogens (tertiary/aromatic N) is 1. The van der Waals surface area contributed by atoms with Crippen molar-refractivity contribution in [3.05, 3.63) is 69.6 Å². The van der Waals surface area contributed by atoms with Gasteiger partial charge in [-0.05, 0) is 41.8 Å². The molecular formula is C21H21NO4. The molecule has 0 N–H and O–H groups in total. The second kappa shape index (κ2) is 6.84. The highest BCUT2D eigenvalue weighted by atomic mass is 16.5. The van der Waals surface area contributed by atoms with E-state index in [1.807, 2.05) is 43.3 Å². The zero-order valence-corrected chi connectivity index (χ0v) is 15.0. The van der Waals surface area contributed by atoms with E-state index in [2.05, 4.69) is 4.90 Å². The van der Waals surface area contributed by atoms with E-state index in [-0.39, 0.29) is 5.63 Å². The fraction of sp³-hybridized carbons (Fsp3) is 0.286. The van der Waals surface area contributed by atoms with Crippen LogP contribution in [-0.4, -0.2) is 18.7 Å². The maximum Gasteiger partial charge on any atom is 0.336 e. The Kier molecular flexibility index (Phi) is 4.39.